The van der Waals surface area contributed by atoms with Crippen molar-refractivity contribution in [2.45, 2.75) is 4.90 Å². The number of hydrogen-bond donors (Lipinski definition) is 2. The van der Waals surface area contributed by atoms with Crippen molar-refractivity contribution in [2.24, 2.45) is 0 Å². The van der Waals surface area contributed by atoms with Crippen molar-refractivity contribution >= 4 is 34.5 Å². The number of rotatable bonds is 4. The van der Waals surface area contributed by atoms with Crippen LogP contribution < -0.4 is 5.32 Å². The van der Waals surface area contributed by atoms with Crippen LogP contribution in [0.15, 0.2) is 29.2 Å². The second kappa shape index (κ2) is 5.22. The molecule has 19 heavy (non-hydrogen) atoms. The monoisotopic (exact) mass is 300 g/mol. The van der Waals surface area contributed by atoms with Crippen molar-refractivity contribution in [3.63, 3.8) is 0 Å². The summed E-state index contributed by atoms with van der Waals surface area (Å²) in [5, 5.41) is 2.47. The first-order chi connectivity index (χ1) is 8.98. The number of nitrogens with one attached hydrogen (secondary N) is 1. The maximum atomic E-state index is 12.1. The van der Waals surface area contributed by atoms with Gasteiger partial charge < -0.3 is 5.32 Å². The van der Waals surface area contributed by atoms with Crippen LogP contribution in [0.5, 0.6) is 0 Å². The zero-order valence-corrected chi connectivity index (χ0v) is 11.6. The summed E-state index contributed by atoms with van der Waals surface area (Å²) in [6.45, 7) is -0.194. The molecule has 8 heteroatoms. The highest BCUT2D eigenvalue weighted by molar-refractivity contribution is 7.90. The smallest absolute Gasteiger partial charge is 0.269 e. The molecule has 102 valence electrons. The number of thiol groups is 1. The van der Waals surface area contributed by atoms with Gasteiger partial charge in [-0.15, -0.1) is 0 Å². The first-order valence-electron chi connectivity index (χ1n) is 5.52. The lowest BCUT2D eigenvalue weighted by atomic mass is 10.2. The molecule has 1 N–H and O–H groups in total. The van der Waals surface area contributed by atoms with E-state index in [9.17, 15) is 18.0 Å². The van der Waals surface area contributed by atoms with Crippen molar-refractivity contribution in [3.8, 4) is 0 Å². The third-order valence-electron chi connectivity index (χ3n) is 2.63. The molecule has 0 spiro atoms. The molecular weight excluding hydrogens is 288 g/mol. The van der Waals surface area contributed by atoms with E-state index in [1.54, 1.807) is 6.07 Å². The second-order valence-electron chi connectivity index (χ2n) is 3.89. The second-order valence-corrected chi connectivity index (χ2v) is 6.16. The lowest BCUT2D eigenvalue weighted by Gasteiger charge is -2.14. The van der Waals surface area contributed by atoms with Crippen LogP contribution in [0.25, 0.3) is 0 Å². The lowest BCUT2D eigenvalue weighted by Crippen LogP contribution is -2.40. The molecular formula is C11H12N2O4S2. The molecule has 0 bridgehead atoms. The first kappa shape index (κ1) is 13.9. The number of fused-ring (bicyclic) bond motifs is 1. The van der Waals surface area contributed by atoms with Crippen molar-refractivity contribution in [2.75, 3.05) is 18.8 Å². The lowest BCUT2D eigenvalue weighted by molar-refractivity contribution is -0.120. The van der Waals surface area contributed by atoms with E-state index in [1.807, 2.05) is 0 Å². The minimum atomic E-state index is -3.91. The minimum absolute atomic E-state index is 0.0537. The number of hydrogen-bond acceptors (Lipinski definition) is 5. The van der Waals surface area contributed by atoms with Crippen LogP contribution in [0.3, 0.4) is 0 Å². The zero-order valence-electron chi connectivity index (χ0n) is 9.87. The van der Waals surface area contributed by atoms with Gasteiger partial charge in [-0.3, -0.25) is 9.59 Å². The minimum Gasteiger partial charge on any atom is -0.354 e. The van der Waals surface area contributed by atoms with E-state index in [0.29, 0.717) is 16.6 Å². The standard InChI is InChI=1S/C11H12N2O4S2/c14-10(12-5-6-18)7-13-11(15)8-3-1-2-4-9(8)19(13,16)17/h1-4,18H,5-7H2,(H,12,14). The predicted octanol–water partition coefficient (Wildman–Crippen LogP) is -0.123. The Morgan fingerprint density at radius 1 is 1.32 bits per heavy atom. The van der Waals surface area contributed by atoms with Crippen molar-refractivity contribution in [1.29, 1.82) is 0 Å². The summed E-state index contributed by atoms with van der Waals surface area (Å²) in [6, 6.07) is 5.90. The Bertz CT molecular complexity index is 627. The van der Waals surface area contributed by atoms with Gasteiger partial charge in [0, 0.05) is 12.3 Å². The fourth-order valence-corrected chi connectivity index (χ4v) is 3.41. The molecule has 1 heterocycles. The molecule has 1 aromatic rings. The SMILES string of the molecule is O=C(CN1C(=O)c2ccccc2S1(=O)=O)NCCS. The molecule has 1 aliphatic heterocycles. The summed E-state index contributed by atoms with van der Waals surface area (Å²) in [5.41, 5.74) is 0.101. The molecule has 1 aliphatic rings. The van der Waals surface area contributed by atoms with Gasteiger partial charge in [0.25, 0.3) is 15.9 Å². The average molecular weight is 300 g/mol. The molecule has 0 fully saturated rings. The predicted molar refractivity (Wildman–Crippen MR) is 71.5 cm³/mol. The van der Waals surface area contributed by atoms with Crippen molar-refractivity contribution in [3.05, 3.63) is 29.8 Å². The third-order valence-corrected chi connectivity index (χ3v) is 4.64. The highest BCUT2D eigenvalue weighted by atomic mass is 32.2. The Hall–Kier alpha value is -1.54. The van der Waals surface area contributed by atoms with Crippen LogP contribution >= 0.6 is 12.6 Å². The number of amides is 2. The number of benzene rings is 1. The highest BCUT2D eigenvalue weighted by Crippen LogP contribution is 2.29. The van der Waals surface area contributed by atoms with Gasteiger partial charge in [-0.05, 0) is 12.1 Å². The van der Waals surface area contributed by atoms with Crippen LogP contribution in [-0.4, -0.2) is 43.4 Å². The summed E-state index contributed by atoms with van der Waals surface area (Å²) < 4.78 is 24.8. The fourth-order valence-electron chi connectivity index (χ4n) is 1.77. The van der Waals surface area contributed by atoms with E-state index in [0.717, 1.165) is 0 Å². The molecule has 2 rings (SSSR count). The molecule has 0 aromatic heterocycles. The molecule has 0 radical (unpaired) electrons. The van der Waals surface area contributed by atoms with Gasteiger partial charge in [-0.2, -0.15) is 12.6 Å². The van der Waals surface area contributed by atoms with Gasteiger partial charge in [0.2, 0.25) is 5.91 Å². The quantitative estimate of drug-likeness (QED) is 0.759. The Kier molecular flexibility index (Phi) is 3.81. The maximum Gasteiger partial charge on any atom is 0.269 e. The molecule has 0 saturated carbocycles. The zero-order chi connectivity index (χ0) is 14.0. The van der Waals surface area contributed by atoms with E-state index in [2.05, 4.69) is 17.9 Å². The van der Waals surface area contributed by atoms with Crippen LogP contribution in [0.2, 0.25) is 0 Å². The Morgan fingerprint density at radius 3 is 2.63 bits per heavy atom. The molecule has 1 aromatic carbocycles. The molecule has 6 nitrogen and oxygen atoms in total. The van der Waals surface area contributed by atoms with Crippen molar-refractivity contribution in [1.82, 2.24) is 9.62 Å². The maximum absolute atomic E-state index is 12.1. The number of nitrogens with zero attached hydrogens (tertiary/aromatic N) is 1. The number of sulfonamides is 1. The average Bonchev–Trinajstić information content (AvgIpc) is 2.58. The summed E-state index contributed by atoms with van der Waals surface area (Å²) in [7, 11) is -3.91. The largest absolute Gasteiger partial charge is 0.354 e. The van der Waals surface area contributed by atoms with E-state index in [1.165, 1.54) is 18.2 Å². The van der Waals surface area contributed by atoms with Crippen molar-refractivity contribution < 1.29 is 18.0 Å². The van der Waals surface area contributed by atoms with E-state index in [4.69, 9.17) is 0 Å². The number of carbonyl (C=O) groups is 2. The Labute approximate surface area is 116 Å². The van der Waals surface area contributed by atoms with Gasteiger partial charge in [0.1, 0.15) is 11.4 Å². The van der Waals surface area contributed by atoms with Gasteiger partial charge in [-0.1, -0.05) is 12.1 Å². The van der Waals surface area contributed by atoms with E-state index in [-0.39, 0.29) is 10.5 Å². The summed E-state index contributed by atoms with van der Waals surface area (Å²) in [5.74, 6) is -0.762. The molecule has 0 aliphatic carbocycles. The topological polar surface area (TPSA) is 83.6 Å². The first-order valence-corrected chi connectivity index (χ1v) is 7.59. The van der Waals surface area contributed by atoms with Gasteiger partial charge in [-0.25, -0.2) is 12.7 Å². The van der Waals surface area contributed by atoms with Crippen LogP contribution in [0, 0.1) is 0 Å². The Morgan fingerprint density at radius 2 is 2.00 bits per heavy atom. The summed E-state index contributed by atoms with van der Waals surface area (Å²) >= 11 is 3.92. The highest BCUT2D eigenvalue weighted by Gasteiger charge is 2.41. The molecule has 2 amide bonds. The van der Waals surface area contributed by atoms with Crippen LogP contribution in [0.4, 0.5) is 0 Å². The molecule has 0 unspecified atom stereocenters. The number of carbonyl (C=O) groups excluding carboxylic acids is 2. The van der Waals surface area contributed by atoms with E-state index < -0.39 is 28.4 Å². The van der Waals surface area contributed by atoms with Gasteiger partial charge in [0.05, 0.1) is 5.56 Å². The van der Waals surface area contributed by atoms with Crippen LogP contribution in [0.1, 0.15) is 10.4 Å². The summed E-state index contributed by atoms with van der Waals surface area (Å²) in [4.78, 5) is 23.5. The van der Waals surface area contributed by atoms with E-state index >= 15 is 0 Å². The van der Waals surface area contributed by atoms with Gasteiger partial charge >= 0.3 is 0 Å². The Balaban J connectivity index is 2.26. The normalized spacial score (nSPS) is 16.3. The van der Waals surface area contributed by atoms with Crippen LogP contribution in [-0.2, 0) is 14.8 Å². The molecule has 0 atom stereocenters. The fraction of sp³-hybridized carbons (Fsp3) is 0.273. The third kappa shape index (κ3) is 2.45. The molecule has 0 saturated heterocycles. The van der Waals surface area contributed by atoms with Gasteiger partial charge in [0.15, 0.2) is 0 Å². The summed E-state index contributed by atoms with van der Waals surface area (Å²) in [6.07, 6.45) is 0.